The molecule has 0 aromatic heterocycles. The maximum atomic E-state index is 2.39. The van der Waals surface area contributed by atoms with Crippen molar-refractivity contribution in [3.8, 4) is 0 Å². The van der Waals surface area contributed by atoms with Crippen LogP contribution in [0.5, 0.6) is 0 Å². The molecule has 13 heavy (non-hydrogen) atoms. The SMILES string of the molecule is CCC(C)C1Cc2ccccc2C1. The number of rotatable bonds is 2. The van der Waals surface area contributed by atoms with Crippen LogP contribution in [0.4, 0.5) is 0 Å². The Bertz CT molecular complexity index is 263. The van der Waals surface area contributed by atoms with E-state index in [-0.39, 0.29) is 0 Å². The van der Waals surface area contributed by atoms with Gasteiger partial charge in [0.05, 0.1) is 0 Å². The Balaban J connectivity index is 2.14. The van der Waals surface area contributed by atoms with Crippen LogP contribution < -0.4 is 0 Å². The van der Waals surface area contributed by atoms with Crippen molar-refractivity contribution < 1.29 is 0 Å². The fraction of sp³-hybridized carbons (Fsp3) is 0.538. The summed E-state index contributed by atoms with van der Waals surface area (Å²) in [5, 5.41) is 0. The predicted molar refractivity (Wildman–Crippen MR) is 56.8 cm³/mol. The third-order valence-electron chi connectivity index (χ3n) is 3.53. The first-order chi connectivity index (χ1) is 6.31. The van der Waals surface area contributed by atoms with Crippen molar-refractivity contribution in [1.29, 1.82) is 0 Å². The highest BCUT2D eigenvalue weighted by atomic mass is 14.3. The van der Waals surface area contributed by atoms with Gasteiger partial charge in [-0.1, -0.05) is 44.5 Å². The van der Waals surface area contributed by atoms with Crippen LogP contribution in [0.3, 0.4) is 0 Å². The first-order valence-corrected chi connectivity index (χ1v) is 5.38. The number of fused-ring (bicyclic) bond motifs is 1. The van der Waals surface area contributed by atoms with Crippen molar-refractivity contribution in [3.63, 3.8) is 0 Å². The maximum Gasteiger partial charge on any atom is -0.0242 e. The van der Waals surface area contributed by atoms with E-state index < -0.39 is 0 Å². The molecule has 0 fully saturated rings. The standard InChI is InChI=1S/C13H18/c1-3-10(2)13-8-11-6-4-5-7-12(11)9-13/h4-7,10,13H,3,8-9H2,1-2H3. The molecular weight excluding hydrogens is 156 g/mol. The summed E-state index contributed by atoms with van der Waals surface area (Å²) in [6, 6.07) is 8.91. The van der Waals surface area contributed by atoms with Gasteiger partial charge in [-0.3, -0.25) is 0 Å². The molecule has 0 radical (unpaired) electrons. The average Bonchev–Trinajstić information content (AvgIpc) is 2.59. The first kappa shape index (κ1) is 8.80. The zero-order chi connectivity index (χ0) is 9.26. The third kappa shape index (κ3) is 1.63. The van der Waals surface area contributed by atoms with E-state index in [9.17, 15) is 0 Å². The van der Waals surface area contributed by atoms with Crippen molar-refractivity contribution in [3.05, 3.63) is 35.4 Å². The van der Waals surface area contributed by atoms with Crippen LogP contribution in [-0.4, -0.2) is 0 Å². The van der Waals surface area contributed by atoms with E-state index in [1.807, 2.05) is 0 Å². The van der Waals surface area contributed by atoms with E-state index in [4.69, 9.17) is 0 Å². The first-order valence-electron chi connectivity index (χ1n) is 5.38. The molecule has 0 aliphatic heterocycles. The van der Waals surface area contributed by atoms with Crippen LogP contribution in [-0.2, 0) is 12.8 Å². The fourth-order valence-electron chi connectivity index (χ4n) is 2.33. The minimum Gasteiger partial charge on any atom is -0.0651 e. The van der Waals surface area contributed by atoms with Crippen molar-refractivity contribution >= 4 is 0 Å². The Kier molecular flexibility index (Phi) is 2.39. The van der Waals surface area contributed by atoms with E-state index in [0.717, 1.165) is 11.8 Å². The Hall–Kier alpha value is -0.780. The van der Waals surface area contributed by atoms with Gasteiger partial charge >= 0.3 is 0 Å². The zero-order valence-electron chi connectivity index (χ0n) is 8.59. The highest BCUT2D eigenvalue weighted by Gasteiger charge is 2.24. The minimum atomic E-state index is 0.882. The molecule has 1 aromatic rings. The summed E-state index contributed by atoms with van der Waals surface area (Å²) >= 11 is 0. The van der Waals surface area contributed by atoms with Gasteiger partial charge in [0.1, 0.15) is 0 Å². The molecule has 0 saturated heterocycles. The van der Waals surface area contributed by atoms with E-state index in [2.05, 4.69) is 38.1 Å². The second kappa shape index (κ2) is 3.53. The van der Waals surface area contributed by atoms with Gasteiger partial charge in [0, 0.05) is 0 Å². The Morgan fingerprint density at radius 1 is 1.23 bits per heavy atom. The topological polar surface area (TPSA) is 0 Å². The molecule has 0 spiro atoms. The molecule has 1 aliphatic rings. The lowest BCUT2D eigenvalue weighted by atomic mass is 9.89. The van der Waals surface area contributed by atoms with Gasteiger partial charge in [-0.25, -0.2) is 0 Å². The Labute approximate surface area is 81.0 Å². The van der Waals surface area contributed by atoms with E-state index in [1.165, 1.54) is 19.3 Å². The van der Waals surface area contributed by atoms with Gasteiger partial charge in [-0.05, 0) is 35.8 Å². The molecule has 1 aromatic carbocycles. The molecule has 1 atom stereocenters. The summed E-state index contributed by atoms with van der Waals surface area (Å²) in [4.78, 5) is 0. The van der Waals surface area contributed by atoms with Crippen LogP contribution in [0.25, 0.3) is 0 Å². The molecule has 70 valence electrons. The molecule has 1 unspecified atom stereocenters. The largest absolute Gasteiger partial charge is 0.0651 e. The van der Waals surface area contributed by atoms with Gasteiger partial charge in [-0.2, -0.15) is 0 Å². The van der Waals surface area contributed by atoms with Gasteiger partial charge in [0.25, 0.3) is 0 Å². The summed E-state index contributed by atoms with van der Waals surface area (Å²) in [5.74, 6) is 1.79. The van der Waals surface area contributed by atoms with Crippen LogP contribution in [0.2, 0.25) is 0 Å². The number of hydrogen-bond donors (Lipinski definition) is 0. The molecule has 2 rings (SSSR count). The normalized spacial score (nSPS) is 18.6. The monoisotopic (exact) mass is 174 g/mol. The lowest BCUT2D eigenvalue weighted by molar-refractivity contribution is 0.363. The van der Waals surface area contributed by atoms with Crippen LogP contribution in [0, 0.1) is 11.8 Å². The highest BCUT2D eigenvalue weighted by molar-refractivity contribution is 5.32. The summed E-state index contributed by atoms with van der Waals surface area (Å²) in [5.41, 5.74) is 3.18. The van der Waals surface area contributed by atoms with Crippen molar-refractivity contribution in [2.24, 2.45) is 11.8 Å². The Morgan fingerprint density at radius 2 is 1.77 bits per heavy atom. The number of benzene rings is 1. The Morgan fingerprint density at radius 3 is 2.23 bits per heavy atom. The lowest BCUT2D eigenvalue weighted by Gasteiger charge is -2.16. The summed E-state index contributed by atoms with van der Waals surface area (Å²) in [6.07, 6.45) is 3.94. The fourth-order valence-corrected chi connectivity index (χ4v) is 2.33. The molecule has 0 saturated carbocycles. The van der Waals surface area contributed by atoms with Crippen LogP contribution in [0.1, 0.15) is 31.4 Å². The molecular formula is C13H18. The predicted octanol–water partition coefficient (Wildman–Crippen LogP) is 3.45. The van der Waals surface area contributed by atoms with Crippen LogP contribution >= 0.6 is 0 Å². The summed E-state index contributed by atoms with van der Waals surface area (Å²) < 4.78 is 0. The molecule has 1 aliphatic carbocycles. The summed E-state index contributed by atoms with van der Waals surface area (Å²) in [7, 11) is 0. The quantitative estimate of drug-likeness (QED) is 0.644. The third-order valence-corrected chi connectivity index (χ3v) is 3.53. The maximum absolute atomic E-state index is 2.39. The van der Waals surface area contributed by atoms with E-state index >= 15 is 0 Å². The zero-order valence-corrected chi connectivity index (χ0v) is 8.59. The molecule has 0 bridgehead atoms. The van der Waals surface area contributed by atoms with Gasteiger partial charge in [0.2, 0.25) is 0 Å². The van der Waals surface area contributed by atoms with Crippen molar-refractivity contribution in [2.75, 3.05) is 0 Å². The summed E-state index contributed by atoms with van der Waals surface area (Å²) in [6.45, 7) is 4.68. The minimum absolute atomic E-state index is 0.882. The molecule has 0 heteroatoms. The van der Waals surface area contributed by atoms with Gasteiger partial charge in [-0.15, -0.1) is 0 Å². The van der Waals surface area contributed by atoms with E-state index in [1.54, 1.807) is 11.1 Å². The van der Waals surface area contributed by atoms with Crippen molar-refractivity contribution in [1.82, 2.24) is 0 Å². The lowest BCUT2D eigenvalue weighted by Crippen LogP contribution is -2.10. The smallest absolute Gasteiger partial charge is 0.0242 e. The van der Waals surface area contributed by atoms with E-state index in [0.29, 0.717) is 0 Å². The molecule has 0 N–H and O–H groups in total. The molecule has 0 nitrogen and oxygen atoms in total. The van der Waals surface area contributed by atoms with Crippen molar-refractivity contribution in [2.45, 2.75) is 33.1 Å². The average molecular weight is 174 g/mol. The number of hydrogen-bond acceptors (Lipinski definition) is 0. The molecule has 0 heterocycles. The second-order valence-electron chi connectivity index (χ2n) is 4.32. The highest BCUT2D eigenvalue weighted by Crippen LogP contribution is 2.32. The molecule has 0 amide bonds. The van der Waals surface area contributed by atoms with Gasteiger partial charge < -0.3 is 0 Å². The van der Waals surface area contributed by atoms with Gasteiger partial charge in [0.15, 0.2) is 0 Å². The van der Waals surface area contributed by atoms with Crippen LogP contribution in [0.15, 0.2) is 24.3 Å². The second-order valence-corrected chi connectivity index (χ2v) is 4.32.